The van der Waals surface area contributed by atoms with Crippen molar-refractivity contribution in [2.45, 2.75) is 56.1 Å². The maximum Gasteiger partial charge on any atom is 0.303 e. The van der Waals surface area contributed by atoms with E-state index < -0.39 is 18.2 Å². The fraction of sp³-hybridized carbons (Fsp3) is 0.444. The van der Waals surface area contributed by atoms with Gasteiger partial charge < -0.3 is 20.1 Å². The van der Waals surface area contributed by atoms with E-state index in [1.165, 1.54) is 0 Å². The summed E-state index contributed by atoms with van der Waals surface area (Å²) in [6, 6.07) is 17.3. The van der Waals surface area contributed by atoms with Crippen molar-refractivity contribution in [3.8, 4) is 5.75 Å². The molecule has 6 heteroatoms. The molecule has 1 fully saturated rings. The topological polar surface area (TPSA) is 87.0 Å². The van der Waals surface area contributed by atoms with Crippen LogP contribution < -0.4 is 4.74 Å². The third-order valence-electron chi connectivity index (χ3n) is 6.27. The zero-order chi connectivity index (χ0) is 23.6. The minimum absolute atomic E-state index is 0.0873. The Kier molecular flexibility index (Phi) is 9.79. The van der Waals surface area contributed by atoms with E-state index in [0.29, 0.717) is 38.0 Å². The summed E-state index contributed by atoms with van der Waals surface area (Å²) >= 11 is 6.51. The summed E-state index contributed by atoms with van der Waals surface area (Å²) in [4.78, 5) is 10.6. The van der Waals surface area contributed by atoms with Gasteiger partial charge in [0.15, 0.2) is 0 Å². The van der Waals surface area contributed by atoms with Gasteiger partial charge in [-0.15, -0.1) is 11.6 Å². The van der Waals surface area contributed by atoms with Gasteiger partial charge in [0, 0.05) is 24.1 Å². The predicted molar refractivity (Wildman–Crippen MR) is 130 cm³/mol. The summed E-state index contributed by atoms with van der Waals surface area (Å²) in [5.74, 6) is -0.122. The van der Waals surface area contributed by atoms with Gasteiger partial charge in [-0.3, -0.25) is 4.79 Å². The molecule has 0 spiro atoms. The second-order valence-corrected chi connectivity index (χ2v) is 9.29. The molecule has 2 aromatic rings. The van der Waals surface area contributed by atoms with E-state index in [1.807, 2.05) is 66.7 Å². The molecule has 1 aliphatic rings. The van der Waals surface area contributed by atoms with Crippen LogP contribution in [0.4, 0.5) is 0 Å². The van der Waals surface area contributed by atoms with Gasteiger partial charge in [0.2, 0.25) is 0 Å². The molecular formula is C27H33ClO5. The van der Waals surface area contributed by atoms with Crippen LogP contribution in [0.2, 0.25) is 0 Å². The lowest BCUT2D eigenvalue weighted by molar-refractivity contribution is -0.137. The van der Waals surface area contributed by atoms with Crippen molar-refractivity contribution in [2.24, 2.45) is 11.8 Å². The number of aliphatic hydroxyl groups is 2. The first-order chi connectivity index (χ1) is 15.9. The van der Waals surface area contributed by atoms with Gasteiger partial charge in [-0.05, 0) is 54.9 Å². The normalized spacial score (nSPS) is 23.6. The maximum absolute atomic E-state index is 10.6. The fourth-order valence-corrected chi connectivity index (χ4v) is 4.86. The molecule has 1 unspecified atom stereocenters. The number of ether oxygens (including phenoxy) is 1. The third-order valence-corrected chi connectivity index (χ3v) is 6.77. The van der Waals surface area contributed by atoms with E-state index in [9.17, 15) is 15.0 Å². The number of aliphatic carboxylic acids is 1. The molecule has 1 saturated carbocycles. The average Bonchev–Trinajstić information content (AvgIpc) is 3.07. The second kappa shape index (κ2) is 12.8. The molecule has 0 bridgehead atoms. The van der Waals surface area contributed by atoms with Crippen molar-refractivity contribution >= 4 is 17.6 Å². The number of hydrogen-bond donors (Lipinski definition) is 3. The Morgan fingerprint density at radius 2 is 1.91 bits per heavy atom. The Morgan fingerprint density at radius 3 is 2.67 bits per heavy atom. The molecule has 0 radical (unpaired) electrons. The van der Waals surface area contributed by atoms with Crippen LogP contribution in [0, 0.1) is 11.8 Å². The first-order valence-electron chi connectivity index (χ1n) is 11.6. The molecule has 1 aliphatic carbocycles. The minimum Gasteiger partial charge on any atom is -0.493 e. The van der Waals surface area contributed by atoms with Crippen molar-refractivity contribution in [2.75, 3.05) is 6.61 Å². The van der Waals surface area contributed by atoms with E-state index in [1.54, 1.807) is 0 Å². The molecule has 0 heterocycles. The average molecular weight is 473 g/mol. The van der Waals surface area contributed by atoms with Gasteiger partial charge >= 0.3 is 5.97 Å². The summed E-state index contributed by atoms with van der Waals surface area (Å²) in [6.07, 6.45) is 6.16. The van der Waals surface area contributed by atoms with Crippen LogP contribution in [0.5, 0.6) is 5.75 Å². The number of rotatable bonds is 12. The molecule has 0 amide bonds. The largest absolute Gasteiger partial charge is 0.493 e. The number of aliphatic hydroxyl groups excluding tert-OH is 2. The number of allylic oxidation sites excluding steroid dienone is 2. The highest BCUT2D eigenvalue weighted by Gasteiger charge is 2.41. The third kappa shape index (κ3) is 7.88. The van der Waals surface area contributed by atoms with Gasteiger partial charge in [0.25, 0.3) is 0 Å². The number of alkyl halides is 1. The standard InChI is InChI=1S/C27H33ClO5/c28-24-17-26(30)23(22(24)13-6-1-2-7-14-27(31)32)18-33-21-12-8-11-20(16-21)25(29)15-19-9-4-3-5-10-19/h1,3-6,8-12,16,22-26,29-30H,2,7,13-15,17-18H2,(H,31,32)/b6-1-/t22-,23-,24+,25?,26-/m1/s1. The molecule has 3 rings (SSSR count). The van der Waals surface area contributed by atoms with E-state index in [4.69, 9.17) is 21.4 Å². The van der Waals surface area contributed by atoms with Crippen LogP contribution >= 0.6 is 11.6 Å². The van der Waals surface area contributed by atoms with E-state index in [0.717, 1.165) is 17.5 Å². The number of hydrogen-bond acceptors (Lipinski definition) is 4. The highest BCUT2D eigenvalue weighted by molar-refractivity contribution is 6.21. The lowest BCUT2D eigenvalue weighted by atomic mass is 9.92. The van der Waals surface area contributed by atoms with E-state index >= 15 is 0 Å². The van der Waals surface area contributed by atoms with Crippen LogP contribution in [0.3, 0.4) is 0 Å². The second-order valence-electron chi connectivity index (χ2n) is 8.73. The number of halogens is 1. The highest BCUT2D eigenvalue weighted by Crippen LogP contribution is 2.39. The molecule has 0 aromatic heterocycles. The first kappa shape index (κ1) is 25.3. The molecule has 33 heavy (non-hydrogen) atoms. The van der Waals surface area contributed by atoms with Crippen molar-refractivity contribution < 1.29 is 24.9 Å². The Morgan fingerprint density at radius 1 is 1.12 bits per heavy atom. The smallest absolute Gasteiger partial charge is 0.303 e. The monoisotopic (exact) mass is 472 g/mol. The van der Waals surface area contributed by atoms with E-state index in [2.05, 4.69) is 0 Å². The zero-order valence-corrected chi connectivity index (χ0v) is 19.5. The molecule has 2 aromatic carbocycles. The summed E-state index contributed by atoms with van der Waals surface area (Å²) in [6.45, 7) is 0.347. The van der Waals surface area contributed by atoms with Crippen molar-refractivity contribution in [3.05, 3.63) is 77.9 Å². The number of carboxylic acids is 1. The van der Waals surface area contributed by atoms with Crippen molar-refractivity contribution in [3.63, 3.8) is 0 Å². The minimum atomic E-state index is -0.781. The van der Waals surface area contributed by atoms with Crippen LogP contribution in [0.15, 0.2) is 66.7 Å². The summed E-state index contributed by atoms with van der Waals surface area (Å²) < 4.78 is 6.03. The summed E-state index contributed by atoms with van der Waals surface area (Å²) in [5.41, 5.74) is 1.86. The van der Waals surface area contributed by atoms with Gasteiger partial charge in [-0.1, -0.05) is 54.6 Å². The molecule has 5 nitrogen and oxygen atoms in total. The van der Waals surface area contributed by atoms with E-state index in [-0.39, 0.29) is 23.6 Å². The first-order valence-corrected chi connectivity index (χ1v) is 12.0. The van der Waals surface area contributed by atoms with Crippen LogP contribution in [-0.2, 0) is 11.2 Å². The van der Waals surface area contributed by atoms with Crippen molar-refractivity contribution in [1.29, 1.82) is 0 Å². The summed E-state index contributed by atoms with van der Waals surface area (Å²) in [5, 5.41) is 29.7. The van der Waals surface area contributed by atoms with Gasteiger partial charge in [-0.2, -0.15) is 0 Å². The Labute approximate surface area is 200 Å². The molecule has 3 N–H and O–H groups in total. The predicted octanol–water partition coefficient (Wildman–Crippen LogP) is 5.15. The molecule has 178 valence electrons. The number of carboxylic acid groups (broad SMARTS) is 1. The summed E-state index contributed by atoms with van der Waals surface area (Å²) in [7, 11) is 0. The van der Waals surface area contributed by atoms with Crippen LogP contribution in [0.1, 0.15) is 49.3 Å². The van der Waals surface area contributed by atoms with Gasteiger partial charge in [0.05, 0.1) is 18.8 Å². The fourth-order valence-electron chi connectivity index (χ4n) is 4.39. The lowest BCUT2D eigenvalue weighted by Gasteiger charge is -2.23. The molecule has 5 atom stereocenters. The highest BCUT2D eigenvalue weighted by atomic mass is 35.5. The lowest BCUT2D eigenvalue weighted by Crippen LogP contribution is -2.27. The van der Waals surface area contributed by atoms with Crippen LogP contribution in [0.25, 0.3) is 0 Å². The molecular weight excluding hydrogens is 440 g/mol. The van der Waals surface area contributed by atoms with Crippen LogP contribution in [-0.4, -0.2) is 39.4 Å². The SMILES string of the molecule is O=C(O)CCC/C=C\C[C@@H]1[C@@H](COc2cccc(C(O)Cc3ccccc3)c2)[C@H](O)C[C@@H]1Cl. The quantitative estimate of drug-likeness (QED) is 0.226. The maximum atomic E-state index is 10.6. The number of carbonyl (C=O) groups is 1. The number of unbranched alkanes of at least 4 members (excludes halogenated alkanes) is 1. The zero-order valence-electron chi connectivity index (χ0n) is 18.7. The van der Waals surface area contributed by atoms with Gasteiger partial charge in [0.1, 0.15) is 5.75 Å². The Hall–Kier alpha value is -2.34. The Balaban J connectivity index is 1.54. The van der Waals surface area contributed by atoms with Gasteiger partial charge in [-0.25, -0.2) is 0 Å². The number of benzene rings is 2. The van der Waals surface area contributed by atoms with Crippen molar-refractivity contribution in [1.82, 2.24) is 0 Å². The molecule has 0 aliphatic heterocycles. The molecule has 0 saturated heterocycles. The Bertz CT molecular complexity index is 900.